The van der Waals surface area contributed by atoms with Gasteiger partial charge in [0.15, 0.2) is 0 Å². The second-order valence-corrected chi connectivity index (χ2v) is 9.79. The summed E-state index contributed by atoms with van der Waals surface area (Å²) in [6, 6.07) is 12.9. The standard InChI is InChI=1S/C22H25N3O4S/c1-15-3-5-16(6-4-15)13-24-14-18(12-21(24)26)22(27)25-10-9-17-11-19(7-8-20(17)25)30(28,29)23-2/h3-8,11,18,23H,9-10,12-14H2,1-2H3. The number of likely N-dealkylation sites (tertiary alicyclic amines) is 1. The molecule has 2 aliphatic heterocycles. The lowest BCUT2D eigenvalue weighted by atomic mass is 10.1. The Morgan fingerprint density at radius 3 is 2.60 bits per heavy atom. The van der Waals surface area contributed by atoms with Gasteiger partial charge in [-0.25, -0.2) is 13.1 Å². The molecule has 2 heterocycles. The Hall–Kier alpha value is -2.71. The molecule has 2 aliphatic rings. The van der Waals surface area contributed by atoms with Gasteiger partial charge in [-0.1, -0.05) is 29.8 Å². The molecule has 1 unspecified atom stereocenters. The number of aryl methyl sites for hydroxylation is 1. The number of hydrogen-bond donors (Lipinski definition) is 1. The zero-order valence-corrected chi connectivity index (χ0v) is 17.9. The van der Waals surface area contributed by atoms with Crippen LogP contribution in [-0.2, 0) is 32.6 Å². The van der Waals surface area contributed by atoms with Gasteiger partial charge < -0.3 is 9.80 Å². The van der Waals surface area contributed by atoms with Gasteiger partial charge in [-0.15, -0.1) is 0 Å². The van der Waals surface area contributed by atoms with E-state index in [2.05, 4.69) is 4.72 Å². The van der Waals surface area contributed by atoms with Gasteiger partial charge >= 0.3 is 0 Å². The van der Waals surface area contributed by atoms with E-state index in [1.165, 1.54) is 13.1 Å². The van der Waals surface area contributed by atoms with E-state index < -0.39 is 10.0 Å². The van der Waals surface area contributed by atoms with Crippen LogP contribution in [0.15, 0.2) is 47.4 Å². The van der Waals surface area contributed by atoms with Crippen molar-refractivity contribution in [1.29, 1.82) is 0 Å². The maximum atomic E-state index is 13.2. The molecule has 158 valence electrons. The molecular weight excluding hydrogens is 402 g/mol. The molecule has 4 rings (SSSR count). The van der Waals surface area contributed by atoms with Crippen molar-refractivity contribution in [3.63, 3.8) is 0 Å². The van der Waals surface area contributed by atoms with Gasteiger partial charge in [0.05, 0.1) is 10.8 Å². The summed E-state index contributed by atoms with van der Waals surface area (Å²) in [7, 11) is -2.15. The highest BCUT2D eigenvalue weighted by atomic mass is 32.2. The van der Waals surface area contributed by atoms with Crippen molar-refractivity contribution < 1.29 is 18.0 Å². The minimum absolute atomic E-state index is 0.0104. The third kappa shape index (κ3) is 3.85. The first-order chi connectivity index (χ1) is 14.3. The summed E-state index contributed by atoms with van der Waals surface area (Å²) in [5.74, 6) is -0.462. The number of sulfonamides is 1. The van der Waals surface area contributed by atoms with Crippen LogP contribution in [-0.4, -0.2) is 45.3 Å². The third-order valence-electron chi connectivity index (χ3n) is 5.85. The minimum Gasteiger partial charge on any atom is -0.338 e. The molecule has 0 spiro atoms. The number of nitrogens with one attached hydrogen (secondary N) is 1. The van der Waals surface area contributed by atoms with Crippen LogP contribution in [0.4, 0.5) is 5.69 Å². The predicted molar refractivity (Wildman–Crippen MR) is 113 cm³/mol. The van der Waals surface area contributed by atoms with Crippen molar-refractivity contribution in [2.24, 2.45) is 5.92 Å². The molecular formula is C22H25N3O4S. The van der Waals surface area contributed by atoms with E-state index in [0.29, 0.717) is 26.1 Å². The molecule has 8 heteroatoms. The zero-order valence-electron chi connectivity index (χ0n) is 17.1. The van der Waals surface area contributed by atoms with E-state index in [9.17, 15) is 18.0 Å². The van der Waals surface area contributed by atoms with Gasteiger partial charge in [-0.3, -0.25) is 9.59 Å². The molecule has 0 aliphatic carbocycles. The van der Waals surface area contributed by atoms with Crippen LogP contribution in [0.5, 0.6) is 0 Å². The minimum atomic E-state index is -3.53. The van der Waals surface area contributed by atoms with Crippen LogP contribution in [0, 0.1) is 12.8 Å². The van der Waals surface area contributed by atoms with Crippen LogP contribution < -0.4 is 9.62 Å². The molecule has 7 nitrogen and oxygen atoms in total. The number of fused-ring (bicyclic) bond motifs is 1. The fraction of sp³-hybridized carbons (Fsp3) is 0.364. The molecule has 1 saturated heterocycles. The van der Waals surface area contributed by atoms with Gasteiger partial charge in [-0.05, 0) is 49.7 Å². The first-order valence-corrected chi connectivity index (χ1v) is 11.5. The van der Waals surface area contributed by atoms with E-state index >= 15 is 0 Å². The number of carbonyl (C=O) groups excluding carboxylic acids is 2. The summed E-state index contributed by atoms with van der Waals surface area (Å²) in [5.41, 5.74) is 3.78. The molecule has 0 radical (unpaired) electrons. The Labute approximate surface area is 176 Å². The molecule has 0 saturated carbocycles. The molecule has 1 N–H and O–H groups in total. The van der Waals surface area contributed by atoms with Gasteiger partial charge in [0, 0.05) is 31.7 Å². The Balaban J connectivity index is 1.47. The Kier molecular flexibility index (Phi) is 5.38. The summed E-state index contributed by atoms with van der Waals surface area (Å²) in [6.07, 6.45) is 0.810. The number of anilines is 1. The highest BCUT2D eigenvalue weighted by molar-refractivity contribution is 7.89. The first-order valence-electron chi connectivity index (χ1n) is 9.99. The van der Waals surface area contributed by atoms with Gasteiger partial charge in [0.1, 0.15) is 0 Å². The fourth-order valence-electron chi connectivity index (χ4n) is 4.12. The average molecular weight is 428 g/mol. The van der Waals surface area contributed by atoms with Crippen LogP contribution in [0.1, 0.15) is 23.1 Å². The summed E-state index contributed by atoms with van der Waals surface area (Å²) >= 11 is 0. The Morgan fingerprint density at radius 1 is 1.17 bits per heavy atom. The molecule has 1 fully saturated rings. The van der Waals surface area contributed by atoms with Crippen molar-refractivity contribution >= 4 is 27.5 Å². The molecule has 0 bridgehead atoms. The van der Waals surface area contributed by atoms with E-state index in [0.717, 1.165) is 22.4 Å². The average Bonchev–Trinajstić information content (AvgIpc) is 3.32. The molecule has 2 aromatic rings. The molecule has 0 aromatic heterocycles. The van der Waals surface area contributed by atoms with Crippen molar-refractivity contribution in [3.05, 3.63) is 59.2 Å². The molecule has 2 aromatic carbocycles. The number of carbonyl (C=O) groups is 2. The van der Waals surface area contributed by atoms with Crippen molar-refractivity contribution in [2.75, 3.05) is 25.0 Å². The normalized spacial score (nSPS) is 18.7. The van der Waals surface area contributed by atoms with E-state index in [1.807, 2.05) is 31.2 Å². The number of rotatable bonds is 5. The summed E-state index contributed by atoms with van der Waals surface area (Å²) in [5, 5.41) is 0. The van der Waals surface area contributed by atoms with E-state index in [-0.39, 0.29) is 29.0 Å². The summed E-state index contributed by atoms with van der Waals surface area (Å²) in [4.78, 5) is 29.3. The van der Waals surface area contributed by atoms with Gasteiger partial charge in [-0.2, -0.15) is 0 Å². The van der Waals surface area contributed by atoms with Crippen molar-refractivity contribution in [2.45, 2.75) is 31.2 Å². The third-order valence-corrected chi connectivity index (χ3v) is 7.26. The summed E-state index contributed by atoms with van der Waals surface area (Å²) in [6.45, 7) is 3.43. The lowest BCUT2D eigenvalue weighted by Gasteiger charge is -2.22. The number of amides is 2. The topological polar surface area (TPSA) is 86.8 Å². The van der Waals surface area contributed by atoms with Crippen LogP contribution in [0.25, 0.3) is 0 Å². The lowest BCUT2D eigenvalue weighted by Crippen LogP contribution is -2.36. The monoisotopic (exact) mass is 427 g/mol. The maximum absolute atomic E-state index is 13.2. The van der Waals surface area contributed by atoms with Crippen LogP contribution in [0.2, 0.25) is 0 Å². The lowest BCUT2D eigenvalue weighted by molar-refractivity contribution is -0.128. The molecule has 2 amide bonds. The fourth-order valence-corrected chi connectivity index (χ4v) is 4.90. The Morgan fingerprint density at radius 2 is 1.90 bits per heavy atom. The van der Waals surface area contributed by atoms with Crippen LogP contribution >= 0.6 is 0 Å². The number of nitrogens with zero attached hydrogens (tertiary/aromatic N) is 2. The van der Waals surface area contributed by atoms with E-state index in [4.69, 9.17) is 0 Å². The SMILES string of the molecule is CNS(=O)(=O)c1ccc2c(c1)CCN2C(=O)C1CC(=O)N(Cc2ccc(C)cc2)C1. The Bertz CT molecular complexity index is 1100. The molecule has 30 heavy (non-hydrogen) atoms. The largest absolute Gasteiger partial charge is 0.338 e. The maximum Gasteiger partial charge on any atom is 0.240 e. The van der Waals surface area contributed by atoms with Crippen molar-refractivity contribution in [1.82, 2.24) is 9.62 Å². The molecule has 1 atom stereocenters. The van der Waals surface area contributed by atoms with E-state index in [1.54, 1.807) is 21.9 Å². The second kappa shape index (κ2) is 7.85. The van der Waals surface area contributed by atoms with Crippen molar-refractivity contribution in [3.8, 4) is 0 Å². The highest BCUT2D eigenvalue weighted by Crippen LogP contribution is 2.33. The first kappa shape index (κ1) is 20.6. The number of hydrogen-bond acceptors (Lipinski definition) is 4. The quantitative estimate of drug-likeness (QED) is 0.789. The highest BCUT2D eigenvalue weighted by Gasteiger charge is 2.38. The smallest absolute Gasteiger partial charge is 0.240 e. The predicted octanol–water partition coefficient (Wildman–Crippen LogP) is 1.84. The number of benzene rings is 2. The second-order valence-electron chi connectivity index (χ2n) is 7.90. The zero-order chi connectivity index (χ0) is 21.5. The summed E-state index contributed by atoms with van der Waals surface area (Å²) < 4.78 is 26.4. The van der Waals surface area contributed by atoms with Gasteiger partial charge in [0.2, 0.25) is 21.8 Å². The van der Waals surface area contributed by atoms with Gasteiger partial charge in [0.25, 0.3) is 0 Å². The van der Waals surface area contributed by atoms with Crippen LogP contribution in [0.3, 0.4) is 0 Å².